The number of hydrogen-bond acceptors (Lipinski definition) is 4. The van der Waals surface area contributed by atoms with Gasteiger partial charge in [0.2, 0.25) is 0 Å². The smallest absolute Gasteiger partial charge is 0.268 e. The van der Waals surface area contributed by atoms with Gasteiger partial charge in [0.15, 0.2) is 6.10 Å². The van der Waals surface area contributed by atoms with Gasteiger partial charge in [-0.1, -0.05) is 12.1 Å². The number of rotatable bonds is 5. The summed E-state index contributed by atoms with van der Waals surface area (Å²) in [6.07, 6.45) is 0.0524. The van der Waals surface area contributed by atoms with Gasteiger partial charge in [-0.2, -0.15) is 0 Å². The molecule has 1 saturated heterocycles. The van der Waals surface area contributed by atoms with E-state index in [4.69, 9.17) is 17.0 Å². The Labute approximate surface area is 118 Å². The van der Waals surface area contributed by atoms with Crippen LogP contribution in [0.1, 0.15) is 19.4 Å². The van der Waals surface area contributed by atoms with Crippen LogP contribution in [0.3, 0.4) is 0 Å². The van der Waals surface area contributed by atoms with Gasteiger partial charge >= 0.3 is 0 Å². The van der Waals surface area contributed by atoms with E-state index in [0.29, 0.717) is 6.42 Å². The maximum atomic E-state index is 11.5. The Kier molecular flexibility index (Phi) is 4.37. The van der Waals surface area contributed by atoms with Crippen molar-refractivity contribution < 1.29 is 9.53 Å². The molecular formula is C14H18N2O2S. The van der Waals surface area contributed by atoms with E-state index >= 15 is 0 Å². The van der Waals surface area contributed by atoms with E-state index in [9.17, 15) is 4.79 Å². The molecule has 1 heterocycles. The average molecular weight is 278 g/mol. The van der Waals surface area contributed by atoms with E-state index in [0.717, 1.165) is 18.7 Å². The molecule has 1 fully saturated rings. The molecule has 1 atom stereocenters. The summed E-state index contributed by atoms with van der Waals surface area (Å²) in [6, 6.07) is 8.22. The van der Waals surface area contributed by atoms with Crippen LogP contribution in [0.4, 0.5) is 5.69 Å². The van der Waals surface area contributed by atoms with Crippen molar-refractivity contribution in [1.29, 1.82) is 0 Å². The first kappa shape index (κ1) is 13.8. The second-order valence-electron chi connectivity index (χ2n) is 4.43. The first-order chi connectivity index (χ1) is 9.13. The molecular weight excluding hydrogens is 260 g/mol. The lowest BCUT2D eigenvalue weighted by molar-refractivity contribution is -0.123. The van der Waals surface area contributed by atoms with E-state index in [2.05, 4.69) is 36.2 Å². The fourth-order valence-electron chi connectivity index (χ4n) is 2.17. The number of amides is 1. The van der Waals surface area contributed by atoms with E-state index in [1.807, 2.05) is 12.1 Å². The summed E-state index contributed by atoms with van der Waals surface area (Å²) in [5.74, 6) is -0.155. The predicted octanol–water partition coefficient (Wildman–Crippen LogP) is 1.88. The highest BCUT2D eigenvalue weighted by atomic mass is 32.1. The predicted molar refractivity (Wildman–Crippen MR) is 79.3 cm³/mol. The molecule has 102 valence electrons. The Hall–Kier alpha value is -1.62. The number of carbonyl (C=O) groups is 1. The zero-order valence-electron chi connectivity index (χ0n) is 11.2. The Morgan fingerprint density at radius 2 is 1.89 bits per heavy atom. The van der Waals surface area contributed by atoms with Gasteiger partial charge < -0.3 is 9.64 Å². The molecule has 1 aliphatic rings. The van der Waals surface area contributed by atoms with Crippen LogP contribution >= 0.6 is 12.2 Å². The summed E-state index contributed by atoms with van der Waals surface area (Å²) in [7, 11) is 0. The van der Waals surface area contributed by atoms with Crippen LogP contribution in [0.25, 0.3) is 0 Å². The summed E-state index contributed by atoms with van der Waals surface area (Å²) in [5, 5.41) is 2.67. The topological polar surface area (TPSA) is 41.6 Å². The quantitative estimate of drug-likeness (QED) is 0.835. The van der Waals surface area contributed by atoms with Crippen molar-refractivity contribution >= 4 is 29.0 Å². The van der Waals surface area contributed by atoms with Gasteiger partial charge in [-0.05, 0) is 43.8 Å². The maximum absolute atomic E-state index is 11.5. The third-order valence-electron chi connectivity index (χ3n) is 3.25. The monoisotopic (exact) mass is 278 g/mol. The highest BCUT2D eigenvalue weighted by Crippen LogP contribution is 2.17. The van der Waals surface area contributed by atoms with Crippen molar-refractivity contribution in [1.82, 2.24) is 5.32 Å². The molecule has 1 aliphatic heterocycles. The standard InChI is InChI=1S/C14H18N2O2S/c1-3-16(4-2)11-7-5-10(6-8-11)9-12-13(17)15-14(19)18-12/h5-8,12H,3-4,9H2,1-2H3,(H,15,17,19). The minimum absolute atomic E-state index is 0.155. The summed E-state index contributed by atoms with van der Waals surface area (Å²) >= 11 is 4.81. The summed E-state index contributed by atoms with van der Waals surface area (Å²) in [5.41, 5.74) is 2.27. The largest absolute Gasteiger partial charge is 0.457 e. The summed E-state index contributed by atoms with van der Waals surface area (Å²) in [6.45, 7) is 6.24. The van der Waals surface area contributed by atoms with Gasteiger partial charge in [0.1, 0.15) is 0 Å². The van der Waals surface area contributed by atoms with Gasteiger partial charge in [0.25, 0.3) is 11.1 Å². The molecule has 1 aromatic carbocycles. The minimum Gasteiger partial charge on any atom is -0.457 e. The Bertz CT molecular complexity index is 469. The molecule has 0 aromatic heterocycles. The average Bonchev–Trinajstić information content (AvgIpc) is 2.71. The lowest BCUT2D eigenvalue weighted by Crippen LogP contribution is -2.26. The van der Waals surface area contributed by atoms with Crippen LogP contribution in [0.5, 0.6) is 0 Å². The number of thiocarbonyl (C=S) groups is 1. The molecule has 0 bridgehead atoms. The second-order valence-corrected chi connectivity index (χ2v) is 4.80. The highest BCUT2D eigenvalue weighted by molar-refractivity contribution is 7.80. The number of carbonyl (C=O) groups excluding carboxylic acids is 1. The van der Waals surface area contributed by atoms with Crippen LogP contribution in [0.2, 0.25) is 0 Å². The fraction of sp³-hybridized carbons (Fsp3) is 0.429. The normalized spacial score (nSPS) is 18.1. The molecule has 1 amide bonds. The molecule has 4 nitrogen and oxygen atoms in total. The molecule has 1 aromatic rings. The Morgan fingerprint density at radius 3 is 2.37 bits per heavy atom. The first-order valence-electron chi connectivity index (χ1n) is 6.49. The fourth-order valence-corrected chi connectivity index (χ4v) is 2.39. The number of nitrogens with zero attached hydrogens (tertiary/aromatic N) is 1. The molecule has 0 saturated carbocycles. The van der Waals surface area contributed by atoms with Crippen molar-refractivity contribution in [2.24, 2.45) is 0 Å². The molecule has 2 rings (SSSR count). The molecule has 1 unspecified atom stereocenters. The van der Waals surface area contributed by atoms with E-state index in [-0.39, 0.29) is 11.1 Å². The molecule has 0 radical (unpaired) electrons. The van der Waals surface area contributed by atoms with Gasteiger partial charge in [-0.15, -0.1) is 0 Å². The number of ether oxygens (including phenoxy) is 1. The van der Waals surface area contributed by atoms with Crippen molar-refractivity contribution in [3.05, 3.63) is 29.8 Å². The molecule has 0 aliphatic carbocycles. The third kappa shape index (κ3) is 3.23. The van der Waals surface area contributed by atoms with Gasteiger partial charge in [-0.3, -0.25) is 10.1 Å². The number of nitrogens with one attached hydrogen (secondary N) is 1. The number of hydrogen-bond donors (Lipinski definition) is 1. The van der Waals surface area contributed by atoms with Crippen molar-refractivity contribution in [3.63, 3.8) is 0 Å². The van der Waals surface area contributed by atoms with Crippen LogP contribution < -0.4 is 10.2 Å². The first-order valence-corrected chi connectivity index (χ1v) is 6.90. The van der Waals surface area contributed by atoms with Crippen LogP contribution in [-0.4, -0.2) is 30.3 Å². The maximum Gasteiger partial charge on any atom is 0.268 e. The van der Waals surface area contributed by atoms with E-state index < -0.39 is 6.10 Å². The molecule has 1 N–H and O–H groups in total. The lowest BCUT2D eigenvalue weighted by atomic mass is 10.1. The van der Waals surface area contributed by atoms with E-state index in [1.54, 1.807) is 0 Å². The lowest BCUT2D eigenvalue weighted by Gasteiger charge is -2.21. The van der Waals surface area contributed by atoms with Crippen LogP contribution in [0, 0.1) is 0 Å². The zero-order valence-corrected chi connectivity index (χ0v) is 12.0. The molecule has 19 heavy (non-hydrogen) atoms. The van der Waals surface area contributed by atoms with Crippen molar-refractivity contribution in [2.75, 3.05) is 18.0 Å². The van der Waals surface area contributed by atoms with Crippen molar-refractivity contribution in [2.45, 2.75) is 26.4 Å². The third-order valence-corrected chi connectivity index (χ3v) is 3.45. The Balaban J connectivity index is 2.03. The van der Waals surface area contributed by atoms with Gasteiger partial charge in [0, 0.05) is 25.2 Å². The second kappa shape index (κ2) is 6.02. The van der Waals surface area contributed by atoms with Gasteiger partial charge in [0.05, 0.1) is 0 Å². The minimum atomic E-state index is -0.494. The summed E-state index contributed by atoms with van der Waals surface area (Å²) in [4.78, 5) is 13.8. The zero-order chi connectivity index (χ0) is 13.8. The Morgan fingerprint density at radius 1 is 1.26 bits per heavy atom. The number of benzene rings is 1. The van der Waals surface area contributed by atoms with E-state index in [1.165, 1.54) is 5.69 Å². The molecule has 5 heteroatoms. The highest BCUT2D eigenvalue weighted by Gasteiger charge is 2.29. The number of anilines is 1. The van der Waals surface area contributed by atoms with Crippen LogP contribution in [-0.2, 0) is 16.0 Å². The summed E-state index contributed by atoms with van der Waals surface area (Å²) < 4.78 is 5.26. The molecule has 0 spiro atoms. The van der Waals surface area contributed by atoms with Gasteiger partial charge in [-0.25, -0.2) is 0 Å². The SMILES string of the molecule is CCN(CC)c1ccc(CC2OC(=S)NC2=O)cc1. The van der Waals surface area contributed by atoms with Crippen LogP contribution in [0.15, 0.2) is 24.3 Å². The van der Waals surface area contributed by atoms with Crippen molar-refractivity contribution in [3.8, 4) is 0 Å².